The summed E-state index contributed by atoms with van der Waals surface area (Å²) in [6.45, 7) is 5.41. The van der Waals surface area contributed by atoms with Crippen LogP contribution in [0.15, 0.2) is 42.6 Å². The third-order valence-corrected chi connectivity index (χ3v) is 4.65. The van der Waals surface area contributed by atoms with Gasteiger partial charge in [0.05, 0.1) is 6.61 Å². The molecule has 2 aliphatic rings. The predicted octanol–water partition coefficient (Wildman–Crippen LogP) is 2.69. The molecule has 0 amide bonds. The molecule has 2 aliphatic heterocycles. The molecule has 132 valence electrons. The highest BCUT2D eigenvalue weighted by Crippen LogP contribution is 2.29. The highest BCUT2D eigenvalue weighted by molar-refractivity contribution is 5.34. The summed E-state index contributed by atoms with van der Waals surface area (Å²) >= 11 is 0. The van der Waals surface area contributed by atoms with Gasteiger partial charge in [0.15, 0.2) is 5.75 Å². The molecule has 0 bridgehead atoms. The minimum absolute atomic E-state index is 0.0102. The van der Waals surface area contributed by atoms with E-state index in [0.717, 1.165) is 51.4 Å². The minimum atomic E-state index is 0.0102. The number of aromatic nitrogens is 1. The van der Waals surface area contributed by atoms with Gasteiger partial charge in [-0.15, -0.1) is 0 Å². The molecule has 5 heteroatoms. The van der Waals surface area contributed by atoms with Gasteiger partial charge in [0.2, 0.25) is 0 Å². The fourth-order valence-electron chi connectivity index (χ4n) is 3.31. The van der Waals surface area contributed by atoms with Crippen molar-refractivity contribution in [1.82, 2.24) is 9.88 Å². The van der Waals surface area contributed by atoms with E-state index in [9.17, 15) is 0 Å². The molecule has 4 rings (SSSR count). The Labute approximate surface area is 148 Å². The lowest BCUT2D eigenvalue weighted by atomic mass is 10.1. The number of hydrogen-bond donors (Lipinski definition) is 0. The van der Waals surface area contributed by atoms with Crippen LogP contribution in [0.1, 0.15) is 17.5 Å². The summed E-state index contributed by atoms with van der Waals surface area (Å²) in [5.74, 6) is 1.33. The van der Waals surface area contributed by atoms with E-state index < -0.39 is 0 Å². The summed E-state index contributed by atoms with van der Waals surface area (Å²) in [4.78, 5) is 6.70. The molecule has 1 atom stereocenters. The second kappa shape index (κ2) is 7.85. The Balaban J connectivity index is 1.33. The molecule has 1 aromatic carbocycles. The van der Waals surface area contributed by atoms with Crippen LogP contribution in [-0.4, -0.2) is 48.9 Å². The molecular formula is C20H24N2O3. The average molecular weight is 340 g/mol. The normalized spacial score (nSPS) is 20.9. The molecule has 0 saturated carbocycles. The number of hydrogen-bond acceptors (Lipinski definition) is 5. The first-order chi connectivity index (χ1) is 12.4. The lowest BCUT2D eigenvalue weighted by Crippen LogP contribution is -2.31. The Morgan fingerprint density at radius 2 is 1.92 bits per heavy atom. The van der Waals surface area contributed by atoms with Crippen molar-refractivity contribution in [1.29, 1.82) is 0 Å². The van der Waals surface area contributed by atoms with Crippen LogP contribution in [0.5, 0.6) is 11.6 Å². The molecular weight excluding hydrogens is 316 g/mol. The first kappa shape index (κ1) is 16.4. The van der Waals surface area contributed by atoms with E-state index in [4.69, 9.17) is 14.2 Å². The van der Waals surface area contributed by atoms with E-state index in [-0.39, 0.29) is 6.10 Å². The van der Waals surface area contributed by atoms with Gasteiger partial charge in [-0.1, -0.05) is 24.3 Å². The quantitative estimate of drug-likeness (QED) is 0.856. The smallest absolute Gasteiger partial charge is 0.257 e. The van der Waals surface area contributed by atoms with Gasteiger partial charge < -0.3 is 14.2 Å². The molecule has 3 heterocycles. The highest BCUT2D eigenvalue weighted by Gasteiger charge is 2.22. The van der Waals surface area contributed by atoms with Crippen molar-refractivity contribution >= 4 is 0 Å². The van der Waals surface area contributed by atoms with Gasteiger partial charge in [-0.3, -0.25) is 4.90 Å². The maximum absolute atomic E-state index is 5.94. The highest BCUT2D eigenvalue weighted by atomic mass is 16.6. The summed E-state index contributed by atoms with van der Waals surface area (Å²) < 4.78 is 17.2. The van der Waals surface area contributed by atoms with Gasteiger partial charge in [-0.25, -0.2) is 4.98 Å². The van der Waals surface area contributed by atoms with E-state index in [1.807, 2.05) is 12.1 Å². The second-order valence-electron chi connectivity index (χ2n) is 6.62. The van der Waals surface area contributed by atoms with Crippen LogP contribution in [0.25, 0.3) is 0 Å². The maximum Gasteiger partial charge on any atom is 0.257 e. The van der Waals surface area contributed by atoms with Crippen molar-refractivity contribution in [2.24, 2.45) is 0 Å². The van der Waals surface area contributed by atoms with Crippen LogP contribution in [0.4, 0.5) is 0 Å². The van der Waals surface area contributed by atoms with Crippen molar-refractivity contribution < 1.29 is 14.2 Å². The van der Waals surface area contributed by atoms with Gasteiger partial charge in [-0.2, -0.15) is 0 Å². The summed E-state index contributed by atoms with van der Waals surface area (Å²) in [5, 5.41) is 0. The lowest BCUT2D eigenvalue weighted by Gasteiger charge is -2.25. The molecule has 1 unspecified atom stereocenters. The Kier molecular flexibility index (Phi) is 5.14. The molecule has 25 heavy (non-hydrogen) atoms. The topological polar surface area (TPSA) is 43.8 Å². The zero-order valence-corrected chi connectivity index (χ0v) is 14.4. The molecule has 0 radical (unpaired) electrons. The standard InChI is InChI=1S/C20H24N2O3/c1-3-19-20(21-8-1)25-18(15-24-19)13-16-4-6-17(7-5-16)14-22-9-2-11-23-12-10-22/h1,3-8,18H,2,9-15H2. The monoisotopic (exact) mass is 340 g/mol. The van der Waals surface area contributed by atoms with Crippen molar-refractivity contribution in [3.8, 4) is 11.6 Å². The first-order valence-corrected chi connectivity index (χ1v) is 8.99. The van der Waals surface area contributed by atoms with Crippen LogP contribution < -0.4 is 9.47 Å². The zero-order chi connectivity index (χ0) is 16.9. The molecule has 0 spiro atoms. The summed E-state index contributed by atoms with van der Waals surface area (Å²) in [5.41, 5.74) is 2.61. The number of pyridine rings is 1. The van der Waals surface area contributed by atoms with Gasteiger partial charge in [0, 0.05) is 38.9 Å². The SMILES string of the molecule is c1cnc2c(c1)OCC(Cc1ccc(CN3CCCOCC3)cc1)O2. The van der Waals surface area contributed by atoms with E-state index in [1.54, 1.807) is 6.20 Å². The minimum Gasteiger partial charge on any atom is -0.484 e. The maximum atomic E-state index is 5.94. The van der Waals surface area contributed by atoms with E-state index in [2.05, 4.69) is 34.1 Å². The van der Waals surface area contributed by atoms with Crippen LogP contribution in [0.2, 0.25) is 0 Å². The van der Waals surface area contributed by atoms with Crippen molar-refractivity contribution in [3.63, 3.8) is 0 Å². The third-order valence-electron chi connectivity index (χ3n) is 4.65. The van der Waals surface area contributed by atoms with Gasteiger partial charge in [0.25, 0.3) is 5.88 Å². The van der Waals surface area contributed by atoms with Gasteiger partial charge in [-0.05, 0) is 29.7 Å². The predicted molar refractivity (Wildman–Crippen MR) is 95.0 cm³/mol. The lowest BCUT2D eigenvalue weighted by molar-refractivity contribution is 0.0852. The average Bonchev–Trinajstić information content (AvgIpc) is 2.92. The van der Waals surface area contributed by atoms with E-state index in [1.165, 1.54) is 11.1 Å². The van der Waals surface area contributed by atoms with Crippen LogP contribution in [0.3, 0.4) is 0 Å². The first-order valence-electron chi connectivity index (χ1n) is 8.99. The fraction of sp³-hybridized carbons (Fsp3) is 0.450. The molecule has 2 aromatic rings. The largest absolute Gasteiger partial charge is 0.484 e. The summed E-state index contributed by atoms with van der Waals surface area (Å²) in [6.07, 6.45) is 3.68. The zero-order valence-electron chi connectivity index (χ0n) is 14.4. The number of ether oxygens (including phenoxy) is 3. The number of fused-ring (bicyclic) bond motifs is 1. The van der Waals surface area contributed by atoms with Crippen molar-refractivity contribution in [2.75, 3.05) is 32.9 Å². The van der Waals surface area contributed by atoms with E-state index in [0.29, 0.717) is 12.5 Å². The summed E-state index contributed by atoms with van der Waals surface area (Å²) in [6, 6.07) is 12.6. The van der Waals surface area contributed by atoms with Gasteiger partial charge in [0.1, 0.15) is 12.7 Å². The number of benzene rings is 1. The Morgan fingerprint density at radius 1 is 1.04 bits per heavy atom. The van der Waals surface area contributed by atoms with Gasteiger partial charge >= 0.3 is 0 Å². The van der Waals surface area contributed by atoms with Crippen molar-refractivity contribution in [2.45, 2.75) is 25.5 Å². The Bertz CT molecular complexity index is 682. The second-order valence-corrected chi connectivity index (χ2v) is 6.62. The number of rotatable bonds is 4. The molecule has 0 N–H and O–H groups in total. The number of nitrogens with zero attached hydrogens (tertiary/aromatic N) is 2. The van der Waals surface area contributed by atoms with E-state index >= 15 is 0 Å². The van der Waals surface area contributed by atoms with Crippen molar-refractivity contribution in [3.05, 3.63) is 53.7 Å². The fourth-order valence-corrected chi connectivity index (χ4v) is 3.31. The molecule has 0 aliphatic carbocycles. The van der Waals surface area contributed by atoms with Crippen LogP contribution >= 0.6 is 0 Å². The molecule has 1 aromatic heterocycles. The molecule has 5 nitrogen and oxygen atoms in total. The van der Waals surface area contributed by atoms with Crippen LogP contribution in [0, 0.1) is 0 Å². The van der Waals surface area contributed by atoms with Crippen LogP contribution in [-0.2, 0) is 17.7 Å². The third kappa shape index (κ3) is 4.30. The molecule has 1 fully saturated rings. The Morgan fingerprint density at radius 3 is 2.84 bits per heavy atom. The molecule has 1 saturated heterocycles. The Hall–Kier alpha value is -2.11. The summed E-state index contributed by atoms with van der Waals surface area (Å²) in [7, 11) is 0.